The number of carboxylic acids is 1. The second-order valence-corrected chi connectivity index (χ2v) is 7.37. The van der Waals surface area contributed by atoms with Crippen molar-refractivity contribution in [1.82, 2.24) is 15.5 Å². The van der Waals surface area contributed by atoms with Crippen LogP contribution in [-0.4, -0.2) is 83.3 Å². The molecule has 0 radical (unpaired) electrons. The van der Waals surface area contributed by atoms with Crippen molar-refractivity contribution in [2.24, 2.45) is 27.9 Å². The van der Waals surface area contributed by atoms with Crippen molar-refractivity contribution in [3.63, 3.8) is 0 Å². The fourth-order valence-corrected chi connectivity index (χ4v) is 3.33. The number of rotatable bonds is 13. The molecule has 0 bridgehead atoms. The van der Waals surface area contributed by atoms with E-state index in [-0.39, 0.29) is 44.9 Å². The number of carbonyl (C=O) groups excluding carboxylic acids is 4. The van der Waals surface area contributed by atoms with Gasteiger partial charge in [-0.25, -0.2) is 4.79 Å². The molecule has 0 aromatic rings. The van der Waals surface area contributed by atoms with Crippen LogP contribution in [0.4, 0.5) is 0 Å². The fraction of sp³-hybridized carbons (Fsp3) is 0.667. The molecular weight excluding hydrogens is 424 g/mol. The zero-order chi connectivity index (χ0) is 24.3. The fourth-order valence-electron chi connectivity index (χ4n) is 3.33. The van der Waals surface area contributed by atoms with Crippen LogP contribution < -0.4 is 33.6 Å². The maximum atomic E-state index is 13.0. The molecule has 0 spiro atoms. The number of amides is 4. The molecule has 1 aliphatic heterocycles. The molecule has 1 aliphatic rings. The van der Waals surface area contributed by atoms with E-state index in [1.807, 2.05) is 0 Å². The SMILES string of the molecule is NCC(=O)N[C@H](CCC(N)=O)C(=O)N1CCC[C@@H]1C(=O)N[C@@H](CCCN=C(N)N)C(=O)O. The third-order valence-electron chi connectivity index (χ3n) is 4.90. The van der Waals surface area contributed by atoms with Gasteiger partial charge in [0.1, 0.15) is 18.1 Å². The maximum Gasteiger partial charge on any atom is 0.326 e. The highest BCUT2D eigenvalue weighted by molar-refractivity contribution is 5.94. The minimum atomic E-state index is -1.23. The lowest BCUT2D eigenvalue weighted by Gasteiger charge is -2.29. The lowest BCUT2D eigenvalue weighted by atomic mass is 10.1. The Kier molecular flexibility index (Phi) is 10.9. The highest BCUT2D eigenvalue weighted by atomic mass is 16.4. The average molecular weight is 457 g/mol. The van der Waals surface area contributed by atoms with Gasteiger partial charge in [0.15, 0.2) is 5.96 Å². The van der Waals surface area contributed by atoms with E-state index in [9.17, 15) is 29.1 Å². The normalized spacial score (nSPS) is 17.2. The van der Waals surface area contributed by atoms with E-state index in [1.54, 1.807) is 0 Å². The van der Waals surface area contributed by atoms with Gasteiger partial charge < -0.3 is 43.6 Å². The number of aliphatic carboxylic acids is 1. The van der Waals surface area contributed by atoms with Crippen molar-refractivity contribution >= 4 is 35.6 Å². The van der Waals surface area contributed by atoms with E-state index in [1.165, 1.54) is 4.90 Å². The predicted octanol–water partition coefficient (Wildman–Crippen LogP) is -3.69. The molecule has 0 saturated carbocycles. The number of primary amides is 1. The number of aliphatic imine (C=N–C) groups is 1. The Morgan fingerprint density at radius 3 is 2.31 bits per heavy atom. The number of guanidine groups is 1. The molecule has 4 amide bonds. The molecule has 3 atom stereocenters. The van der Waals surface area contributed by atoms with Gasteiger partial charge in [0.2, 0.25) is 23.6 Å². The predicted molar refractivity (Wildman–Crippen MR) is 114 cm³/mol. The molecule has 1 heterocycles. The van der Waals surface area contributed by atoms with Crippen LogP contribution in [0.2, 0.25) is 0 Å². The molecule has 1 fully saturated rings. The van der Waals surface area contributed by atoms with E-state index in [2.05, 4.69) is 15.6 Å². The smallest absolute Gasteiger partial charge is 0.326 e. The van der Waals surface area contributed by atoms with Crippen LogP contribution in [0.25, 0.3) is 0 Å². The first kappa shape index (κ1) is 26.6. The summed E-state index contributed by atoms with van der Waals surface area (Å²) >= 11 is 0. The third-order valence-corrected chi connectivity index (χ3v) is 4.90. The van der Waals surface area contributed by atoms with E-state index in [0.717, 1.165) is 0 Å². The van der Waals surface area contributed by atoms with Gasteiger partial charge in [0, 0.05) is 19.5 Å². The zero-order valence-electron chi connectivity index (χ0n) is 17.8. The summed E-state index contributed by atoms with van der Waals surface area (Å²) < 4.78 is 0. The Hall–Kier alpha value is -3.42. The topological polar surface area (TPSA) is 249 Å². The van der Waals surface area contributed by atoms with Crippen LogP contribution in [0.5, 0.6) is 0 Å². The highest BCUT2D eigenvalue weighted by Crippen LogP contribution is 2.20. The molecule has 14 heteroatoms. The van der Waals surface area contributed by atoms with E-state index in [4.69, 9.17) is 22.9 Å². The molecule has 0 aromatic heterocycles. The number of likely N-dealkylation sites (tertiary alicyclic amines) is 1. The summed E-state index contributed by atoms with van der Waals surface area (Å²) in [4.78, 5) is 65.1. The van der Waals surface area contributed by atoms with Crippen LogP contribution in [-0.2, 0) is 24.0 Å². The number of nitrogens with one attached hydrogen (secondary N) is 2. The van der Waals surface area contributed by atoms with Crippen molar-refractivity contribution in [2.75, 3.05) is 19.6 Å². The number of nitrogens with two attached hydrogens (primary N) is 4. The quantitative estimate of drug-likeness (QED) is 0.0817. The molecule has 0 aromatic carbocycles. The van der Waals surface area contributed by atoms with Gasteiger partial charge in [0.25, 0.3) is 0 Å². The van der Waals surface area contributed by atoms with Crippen molar-refractivity contribution < 1.29 is 29.1 Å². The molecule has 1 saturated heterocycles. The standard InChI is InChI=1S/C18H32N8O6/c19-9-14(28)24-10(5-6-13(20)27)16(30)26-8-2-4-12(26)15(29)25-11(17(31)32)3-1-7-23-18(21)22/h10-12H,1-9,19H2,(H2,20,27)(H,24,28)(H,25,29)(H,31,32)(H4,21,22,23)/t10-,11+,12-/m1/s1. The van der Waals surface area contributed by atoms with Gasteiger partial charge in [-0.05, 0) is 32.1 Å². The Morgan fingerprint density at radius 2 is 1.75 bits per heavy atom. The molecule has 180 valence electrons. The largest absolute Gasteiger partial charge is 0.480 e. The van der Waals surface area contributed by atoms with E-state index >= 15 is 0 Å². The molecular formula is C18H32N8O6. The second kappa shape index (κ2) is 13.1. The first-order valence-corrected chi connectivity index (χ1v) is 10.2. The Morgan fingerprint density at radius 1 is 1.06 bits per heavy atom. The molecule has 1 rings (SSSR count). The average Bonchev–Trinajstić information content (AvgIpc) is 3.21. The summed E-state index contributed by atoms with van der Waals surface area (Å²) in [6, 6.07) is -3.17. The van der Waals surface area contributed by atoms with Crippen molar-refractivity contribution in [2.45, 2.75) is 56.7 Å². The molecule has 0 unspecified atom stereocenters. The number of carbonyl (C=O) groups is 5. The summed E-state index contributed by atoms with van der Waals surface area (Å²) in [6.45, 7) is 0.0908. The summed E-state index contributed by atoms with van der Waals surface area (Å²) in [5.74, 6) is -3.78. The van der Waals surface area contributed by atoms with Gasteiger partial charge in [-0.15, -0.1) is 0 Å². The van der Waals surface area contributed by atoms with E-state index in [0.29, 0.717) is 19.3 Å². The second-order valence-electron chi connectivity index (χ2n) is 7.37. The minimum Gasteiger partial charge on any atom is -0.480 e. The van der Waals surface area contributed by atoms with E-state index < -0.39 is 47.7 Å². The summed E-state index contributed by atoms with van der Waals surface area (Å²) in [5, 5.41) is 14.3. The minimum absolute atomic E-state index is 0.0483. The van der Waals surface area contributed by atoms with Crippen molar-refractivity contribution in [3.05, 3.63) is 0 Å². The van der Waals surface area contributed by atoms with Gasteiger partial charge in [0.05, 0.1) is 6.54 Å². The number of nitrogens with zero attached hydrogens (tertiary/aromatic N) is 2. The summed E-state index contributed by atoms with van der Waals surface area (Å²) in [6.07, 6.45) is 1.05. The Labute approximate surface area is 185 Å². The zero-order valence-corrected chi connectivity index (χ0v) is 17.8. The Balaban J connectivity index is 2.84. The van der Waals surface area contributed by atoms with Crippen LogP contribution in [0.15, 0.2) is 4.99 Å². The number of carboxylic acid groups (broad SMARTS) is 1. The molecule has 14 nitrogen and oxygen atoms in total. The van der Waals surface area contributed by atoms with Gasteiger partial charge in [-0.1, -0.05) is 0 Å². The lowest BCUT2D eigenvalue weighted by molar-refractivity contribution is -0.145. The first-order chi connectivity index (χ1) is 15.1. The first-order valence-electron chi connectivity index (χ1n) is 10.2. The van der Waals surface area contributed by atoms with Crippen LogP contribution >= 0.6 is 0 Å². The number of hydrogen-bond donors (Lipinski definition) is 7. The lowest BCUT2D eigenvalue weighted by Crippen LogP contribution is -2.55. The summed E-state index contributed by atoms with van der Waals surface area (Å²) in [5.41, 5.74) is 20.9. The molecule has 0 aliphatic carbocycles. The van der Waals surface area contributed by atoms with Gasteiger partial charge in [-0.3, -0.25) is 24.2 Å². The van der Waals surface area contributed by atoms with Crippen molar-refractivity contribution in [3.8, 4) is 0 Å². The third kappa shape index (κ3) is 8.75. The monoisotopic (exact) mass is 456 g/mol. The van der Waals surface area contributed by atoms with Crippen LogP contribution in [0.1, 0.15) is 38.5 Å². The van der Waals surface area contributed by atoms with Crippen LogP contribution in [0.3, 0.4) is 0 Å². The van der Waals surface area contributed by atoms with Crippen LogP contribution in [0, 0.1) is 0 Å². The Bertz CT molecular complexity index is 739. The maximum absolute atomic E-state index is 13.0. The highest BCUT2D eigenvalue weighted by Gasteiger charge is 2.38. The van der Waals surface area contributed by atoms with Gasteiger partial charge >= 0.3 is 5.97 Å². The molecule has 32 heavy (non-hydrogen) atoms. The summed E-state index contributed by atoms with van der Waals surface area (Å²) in [7, 11) is 0. The molecule has 11 N–H and O–H groups in total. The number of hydrogen-bond acceptors (Lipinski definition) is 7. The van der Waals surface area contributed by atoms with Crippen molar-refractivity contribution in [1.29, 1.82) is 0 Å². The van der Waals surface area contributed by atoms with Gasteiger partial charge in [-0.2, -0.15) is 0 Å².